The number of fused-ring (bicyclic) bond motifs is 1. The Morgan fingerprint density at radius 2 is 1.86 bits per heavy atom. The Balaban J connectivity index is 1.69. The number of rotatable bonds is 4. The summed E-state index contributed by atoms with van der Waals surface area (Å²) in [6.07, 6.45) is 0.838. The Hall–Kier alpha value is -2.89. The van der Waals surface area contributed by atoms with E-state index in [1.165, 1.54) is 11.3 Å². The summed E-state index contributed by atoms with van der Waals surface area (Å²) in [4.78, 5) is 18.7. The second-order valence-electron chi connectivity index (χ2n) is 6.37. The highest BCUT2D eigenvalue weighted by molar-refractivity contribution is 7.21. The number of pyridine rings is 1. The van der Waals surface area contributed by atoms with Gasteiger partial charge in [0.25, 0.3) is 5.91 Å². The number of carbonyl (C=O) groups excluding carboxylic acids is 1. The number of anilines is 2. The summed E-state index contributed by atoms with van der Waals surface area (Å²) in [5.74, 6) is -0.213. The number of aryl methyl sites for hydroxylation is 1. The summed E-state index contributed by atoms with van der Waals surface area (Å²) in [7, 11) is 0. The molecule has 3 N–H and O–H groups in total. The number of amides is 1. The van der Waals surface area contributed by atoms with E-state index < -0.39 is 0 Å². The lowest BCUT2D eigenvalue weighted by atomic mass is 10.1. The van der Waals surface area contributed by atoms with Gasteiger partial charge in [0, 0.05) is 21.7 Å². The van der Waals surface area contributed by atoms with Crippen molar-refractivity contribution in [2.75, 3.05) is 11.1 Å². The average molecular weight is 408 g/mol. The minimum atomic E-state index is -0.213. The summed E-state index contributed by atoms with van der Waals surface area (Å²) >= 11 is 7.26. The van der Waals surface area contributed by atoms with Crippen molar-refractivity contribution in [2.24, 2.45) is 0 Å². The Morgan fingerprint density at radius 3 is 2.61 bits per heavy atom. The molecule has 0 saturated carbocycles. The third kappa shape index (κ3) is 3.46. The molecule has 6 heteroatoms. The summed E-state index contributed by atoms with van der Waals surface area (Å²) < 4.78 is 0. The maximum Gasteiger partial charge on any atom is 0.267 e. The van der Waals surface area contributed by atoms with Crippen molar-refractivity contribution in [2.45, 2.75) is 13.3 Å². The molecule has 0 unspecified atom stereocenters. The minimum Gasteiger partial charge on any atom is -0.397 e. The number of nitrogens with two attached hydrogens (primary N) is 1. The van der Waals surface area contributed by atoms with Gasteiger partial charge in [0.1, 0.15) is 9.71 Å². The smallest absolute Gasteiger partial charge is 0.267 e. The quantitative estimate of drug-likeness (QED) is 0.435. The van der Waals surface area contributed by atoms with Crippen LogP contribution in [-0.2, 0) is 6.42 Å². The molecule has 2 aromatic carbocycles. The zero-order chi connectivity index (χ0) is 19.7. The van der Waals surface area contributed by atoms with Gasteiger partial charge in [-0.3, -0.25) is 4.79 Å². The fourth-order valence-corrected chi connectivity index (χ4v) is 4.19. The molecule has 140 valence electrons. The molecule has 0 aliphatic carbocycles. The van der Waals surface area contributed by atoms with Crippen LogP contribution in [0.25, 0.3) is 21.5 Å². The van der Waals surface area contributed by atoms with E-state index in [0.29, 0.717) is 15.6 Å². The van der Waals surface area contributed by atoms with Crippen LogP contribution in [0.4, 0.5) is 11.4 Å². The number of nitrogens with one attached hydrogen (secondary N) is 1. The monoisotopic (exact) mass is 407 g/mol. The van der Waals surface area contributed by atoms with Gasteiger partial charge >= 0.3 is 0 Å². The van der Waals surface area contributed by atoms with Crippen LogP contribution < -0.4 is 11.1 Å². The highest BCUT2D eigenvalue weighted by Gasteiger charge is 2.18. The van der Waals surface area contributed by atoms with Gasteiger partial charge in [-0.2, -0.15) is 0 Å². The van der Waals surface area contributed by atoms with Crippen molar-refractivity contribution >= 4 is 50.4 Å². The summed E-state index contributed by atoms with van der Waals surface area (Å²) in [5.41, 5.74) is 10.4. The summed E-state index contributed by atoms with van der Waals surface area (Å²) in [6, 6.07) is 19.1. The van der Waals surface area contributed by atoms with Gasteiger partial charge in [0.15, 0.2) is 0 Å². The number of carbonyl (C=O) groups is 1. The van der Waals surface area contributed by atoms with Gasteiger partial charge < -0.3 is 11.1 Å². The van der Waals surface area contributed by atoms with E-state index in [1.54, 1.807) is 0 Å². The maximum atomic E-state index is 12.8. The summed E-state index contributed by atoms with van der Waals surface area (Å²) in [6.45, 7) is 2.06. The highest BCUT2D eigenvalue weighted by Crippen LogP contribution is 2.35. The first-order chi connectivity index (χ1) is 13.6. The third-order valence-electron chi connectivity index (χ3n) is 4.59. The van der Waals surface area contributed by atoms with Gasteiger partial charge in [-0.25, -0.2) is 4.98 Å². The third-order valence-corrected chi connectivity index (χ3v) is 5.95. The van der Waals surface area contributed by atoms with Crippen LogP contribution in [0.3, 0.4) is 0 Å². The predicted molar refractivity (Wildman–Crippen MR) is 118 cm³/mol. The number of thiophene rings is 1. The zero-order valence-corrected chi connectivity index (χ0v) is 16.8. The van der Waals surface area contributed by atoms with Crippen LogP contribution in [-0.4, -0.2) is 10.9 Å². The van der Waals surface area contributed by atoms with E-state index in [2.05, 4.69) is 12.2 Å². The normalized spacial score (nSPS) is 10.9. The van der Waals surface area contributed by atoms with E-state index in [0.717, 1.165) is 39.1 Å². The lowest BCUT2D eigenvalue weighted by Gasteiger charge is -2.09. The maximum absolute atomic E-state index is 12.8. The summed E-state index contributed by atoms with van der Waals surface area (Å²) in [5, 5.41) is 4.45. The number of hydrogen-bond donors (Lipinski definition) is 2. The van der Waals surface area contributed by atoms with Crippen molar-refractivity contribution in [3.8, 4) is 11.3 Å². The molecule has 4 rings (SSSR count). The molecular formula is C22H18ClN3OS. The first-order valence-electron chi connectivity index (χ1n) is 8.91. The Labute approximate surface area is 172 Å². The Bertz CT molecular complexity index is 1170. The number of nitrogens with zero attached hydrogens (tertiary/aromatic N) is 1. The molecule has 0 saturated heterocycles. The van der Waals surface area contributed by atoms with Gasteiger partial charge in [0.2, 0.25) is 0 Å². The van der Waals surface area contributed by atoms with E-state index in [9.17, 15) is 4.79 Å². The molecule has 0 aliphatic heterocycles. The van der Waals surface area contributed by atoms with E-state index >= 15 is 0 Å². The molecule has 0 bridgehead atoms. The second kappa shape index (κ2) is 7.62. The van der Waals surface area contributed by atoms with Gasteiger partial charge in [-0.1, -0.05) is 48.9 Å². The number of aromatic nitrogens is 1. The number of para-hydroxylation sites is 1. The standard InChI is InChI=1S/C22H18ClN3OS/c1-2-13-5-3-4-6-17(13)25-21(27)20-19(24)16-11-12-18(26-22(16)28-20)14-7-9-15(23)10-8-14/h3-12H,2,24H2,1H3,(H,25,27). The van der Waals surface area contributed by atoms with Crippen molar-refractivity contribution in [1.82, 2.24) is 4.98 Å². The average Bonchev–Trinajstić information content (AvgIpc) is 3.05. The molecule has 2 heterocycles. The van der Waals surface area contributed by atoms with Crippen LogP contribution in [0.2, 0.25) is 5.02 Å². The molecule has 4 aromatic rings. The number of nitrogen functional groups attached to an aromatic ring is 1. The van der Waals surface area contributed by atoms with Crippen LogP contribution in [0.5, 0.6) is 0 Å². The van der Waals surface area contributed by atoms with Crippen LogP contribution in [0.15, 0.2) is 60.7 Å². The molecule has 28 heavy (non-hydrogen) atoms. The van der Waals surface area contributed by atoms with Crippen LogP contribution in [0, 0.1) is 0 Å². The number of hydrogen-bond acceptors (Lipinski definition) is 4. The van der Waals surface area contributed by atoms with E-state index in [-0.39, 0.29) is 5.91 Å². The van der Waals surface area contributed by atoms with Gasteiger partial charge in [-0.05, 0) is 42.3 Å². The Kier molecular flexibility index (Phi) is 5.03. The first kappa shape index (κ1) is 18.5. The minimum absolute atomic E-state index is 0.213. The van der Waals surface area contributed by atoms with Crippen molar-refractivity contribution < 1.29 is 4.79 Å². The molecule has 0 spiro atoms. The van der Waals surface area contributed by atoms with E-state index in [4.69, 9.17) is 22.3 Å². The zero-order valence-electron chi connectivity index (χ0n) is 15.2. The molecule has 1 amide bonds. The van der Waals surface area contributed by atoms with Crippen molar-refractivity contribution in [3.05, 3.63) is 76.1 Å². The van der Waals surface area contributed by atoms with Gasteiger partial charge in [0.05, 0.1) is 11.4 Å². The van der Waals surface area contributed by atoms with Gasteiger partial charge in [-0.15, -0.1) is 11.3 Å². The SMILES string of the molecule is CCc1ccccc1NC(=O)c1sc2nc(-c3ccc(Cl)cc3)ccc2c1N. The number of halogens is 1. The number of benzene rings is 2. The molecule has 0 aliphatic rings. The molecule has 0 fully saturated rings. The molecule has 4 nitrogen and oxygen atoms in total. The van der Waals surface area contributed by atoms with Crippen molar-refractivity contribution in [3.63, 3.8) is 0 Å². The van der Waals surface area contributed by atoms with Crippen LogP contribution >= 0.6 is 22.9 Å². The Morgan fingerprint density at radius 1 is 1.11 bits per heavy atom. The topological polar surface area (TPSA) is 68.0 Å². The largest absolute Gasteiger partial charge is 0.397 e. The second-order valence-corrected chi connectivity index (χ2v) is 7.80. The van der Waals surface area contributed by atoms with Crippen molar-refractivity contribution in [1.29, 1.82) is 0 Å². The lowest BCUT2D eigenvalue weighted by Crippen LogP contribution is -2.13. The van der Waals surface area contributed by atoms with Crippen LogP contribution in [0.1, 0.15) is 22.2 Å². The highest BCUT2D eigenvalue weighted by atomic mass is 35.5. The fourth-order valence-electron chi connectivity index (χ4n) is 3.08. The molecule has 0 radical (unpaired) electrons. The molecular weight excluding hydrogens is 390 g/mol. The predicted octanol–water partition coefficient (Wildman–Crippen LogP) is 6.01. The molecule has 0 atom stereocenters. The lowest BCUT2D eigenvalue weighted by molar-refractivity contribution is 0.103. The fraction of sp³-hybridized carbons (Fsp3) is 0.0909. The molecule has 2 aromatic heterocycles. The van der Waals surface area contributed by atoms with E-state index in [1.807, 2.05) is 60.7 Å². The first-order valence-corrected chi connectivity index (χ1v) is 10.1.